The van der Waals surface area contributed by atoms with E-state index in [-0.39, 0.29) is 0 Å². The van der Waals surface area contributed by atoms with Gasteiger partial charge in [-0.15, -0.1) is 0 Å². The van der Waals surface area contributed by atoms with Crippen LogP contribution in [0.3, 0.4) is 0 Å². The van der Waals surface area contributed by atoms with Crippen molar-refractivity contribution in [1.82, 2.24) is 4.90 Å². The summed E-state index contributed by atoms with van der Waals surface area (Å²) in [7, 11) is 0. The van der Waals surface area contributed by atoms with Crippen LogP contribution in [0.2, 0.25) is 0 Å². The summed E-state index contributed by atoms with van der Waals surface area (Å²) >= 11 is 0. The summed E-state index contributed by atoms with van der Waals surface area (Å²) in [4.78, 5) is 2.61. The van der Waals surface area contributed by atoms with E-state index in [0.29, 0.717) is 23.9 Å². The molecule has 1 saturated heterocycles. The van der Waals surface area contributed by atoms with Crippen LogP contribution in [0, 0.1) is 5.41 Å². The first-order valence-corrected chi connectivity index (χ1v) is 8.59. The van der Waals surface area contributed by atoms with Crippen molar-refractivity contribution in [3.05, 3.63) is 35.4 Å². The molecule has 1 unspecified atom stereocenters. The van der Waals surface area contributed by atoms with Crippen molar-refractivity contribution in [3.8, 4) is 0 Å². The Hall–Kier alpha value is -0.860. The van der Waals surface area contributed by atoms with Crippen LogP contribution in [0.15, 0.2) is 24.3 Å². The highest BCUT2D eigenvalue weighted by atomic mass is 15.2. The highest BCUT2D eigenvalue weighted by Gasteiger charge is 2.37. The van der Waals surface area contributed by atoms with Crippen molar-refractivity contribution in [2.24, 2.45) is 11.1 Å². The molecule has 0 spiro atoms. The van der Waals surface area contributed by atoms with Crippen LogP contribution in [0.25, 0.3) is 0 Å². The van der Waals surface area contributed by atoms with Crippen LogP contribution in [-0.4, -0.2) is 24.5 Å². The van der Waals surface area contributed by atoms with Gasteiger partial charge in [-0.2, -0.15) is 0 Å². The van der Waals surface area contributed by atoms with Crippen LogP contribution < -0.4 is 5.73 Å². The summed E-state index contributed by atoms with van der Waals surface area (Å²) < 4.78 is 0. The molecule has 0 aromatic heterocycles. The fourth-order valence-corrected chi connectivity index (χ4v) is 3.66. The number of rotatable bonds is 6. The van der Waals surface area contributed by atoms with Crippen LogP contribution in [0.1, 0.15) is 70.0 Å². The Bertz CT molecular complexity index is 431. The summed E-state index contributed by atoms with van der Waals surface area (Å²) in [6, 6.07) is 9.48. The molecule has 1 aliphatic rings. The molecule has 0 bridgehead atoms. The summed E-state index contributed by atoms with van der Waals surface area (Å²) in [5, 5.41) is 0. The van der Waals surface area contributed by atoms with Gasteiger partial charge in [0.15, 0.2) is 0 Å². The lowest BCUT2D eigenvalue weighted by atomic mass is 9.82. The molecule has 2 rings (SSSR count). The third-order valence-electron chi connectivity index (χ3n) is 5.62. The second-order valence-electron chi connectivity index (χ2n) is 7.00. The van der Waals surface area contributed by atoms with E-state index in [0.717, 1.165) is 0 Å². The van der Waals surface area contributed by atoms with Crippen LogP contribution in [0.4, 0.5) is 0 Å². The minimum atomic E-state index is 0.381. The molecule has 0 radical (unpaired) electrons. The molecule has 0 saturated carbocycles. The summed E-state index contributed by atoms with van der Waals surface area (Å²) in [6.07, 6.45) is 3.88. The molecule has 1 atom stereocenters. The molecule has 1 aromatic rings. The Balaban J connectivity index is 2.13. The first-order valence-electron chi connectivity index (χ1n) is 8.59. The average molecular weight is 288 g/mol. The van der Waals surface area contributed by atoms with Gasteiger partial charge < -0.3 is 5.73 Å². The summed E-state index contributed by atoms with van der Waals surface area (Å²) in [5.74, 6) is 0.593. The first kappa shape index (κ1) is 16.5. The summed E-state index contributed by atoms with van der Waals surface area (Å²) in [6.45, 7) is 12.3. The van der Waals surface area contributed by atoms with Gasteiger partial charge in [0.05, 0.1) is 0 Å². The number of benzene rings is 1. The van der Waals surface area contributed by atoms with E-state index in [9.17, 15) is 0 Å². The molecule has 118 valence electrons. The molecule has 21 heavy (non-hydrogen) atoms. The number of hydrogen-bond acceptors (Lipinski definition) is 2. The van der Waals surface area contributed by atoms with Crippen molar-refractivity contribution in [2.45, 2.75) is 58.9 Å². The van der Waals surface area contributed by atoms with Crippen molar-refractivity contribution >= 4 is 0 Å². The van der Waals surface area contributed by atoms with Gasteiger partial charge >= 0.3 is 0 Å². The van der Waals surface area contributed by atoms with Gasteiger partial charge in [0.2, 0.25) is 0 Å². The summed E-state index contributed by atoms with van der Waals surface area (Å²) in [5.41, 5.74) is 9.42. The number of likely N-dealkylation sites (tertiary alicyclic amines) is 1. The zero-order valence-electron chi connectivity index (χ0n) is 14.2. The first-order chi connectivity index (χ1) is 10.0. The number of nitrogens with zero attached hydrogens (tertiary/aromatic N) is 1. The molecular weight excluding hydrogens is 256 g/mol. The fraction of sp³-hybridized carbons (Fsp3) is 0.684. The predicted molar refractivity (Wildman–Crippen MR) is 91.5 cm³/mol. The molecule has 1 aliphatic heterocycles. The average Bonchev–Trinajstić information content (AvgIpc) is 2.93. The number of hydrogen-bond donors (Lipinski definition) is 1. The molecule has 1 aromatic carbocycles. The molecule has 0 amide bonds. The van der Waals surface area contributed by atoms with E-state index < -0.39 is 0 Å². The lowest BCUT2D eigenvalue weighted by Gasteiger charge is -2.31. The van der Waals surface area contributed by atoms with Gasteiger partial charge in [0.25, 0.3) is 0 Å². The Kier molecular flexibility index (Phi) is 5.45. The number of nitrogens with two attached hydrogens (primary N) is 1. The Morgan fingerprint density at radius 1 is 1.10 bits per heavy atom. The van der Waals surface area contributed by atoms with Crippen molar-refractivity contribution in [2.75, 3.05) is 19.6 Å². The quantitative estimate of drug-likeness (QED) is 0.844. The molecule has 1 heterocycles. The second kappa shape index (κ2) is 6.93. The van der Waals surface area contributed by atoms with Crippen LogP contribution in [0.5, 0.6) is 0 Å². The molecule has 2 N–H and O–H groups in total. The highest BCUT2D eigenvalue weighted by molar-refractivity contribution is 5.27. The fourth-order valence-electron chi connectivity index (χ4n) is 3.66. The highest BCUT2D eigenvalue weighted by Crippen LogP contribution is 2.40. The van der Waals surface area contributed by atoms with E-state index in [1.165, 1.54) is 43.5 Å². The lowest BCUT2D eigenvalue weighted by Crippen LogP contribution is -2.34. The molecule has 0 aliphatic carbocycles. The minimum Gasteiger partial charge on any atom is -0.329 e. The molecule has 1 fully saturated rings. The molecule has 2 heteroatoms. The third-order valence-corrected chi connectivity index (χ3v) is 5.62. The molecular formula is C19H32N2. The van der Waals surface area contributed by atoms with Crippen molar-refractivity contribution in [1.29, 1.82) is 0 Å². The van der Waals surface area contributed by atoms with E-state index >= 15 is 0 Å². The van der Waals surface area contributed by atoms with Gasteiger partial charge in [-0.25, -0.2) is 0 Å². The van der Waals surface area contributed by atoms with Gasteiger partial charge in [0, 0.05) is 19.1 Å². The monoisotopic (exact) mass is 288 g/mol. The maximum absolute atomic E-state index is 6.11. The van der Waals surface area contributed by atoms with E-state index in [2.05, 4.69) is 56.9 Å². The SMILES string of the molecule is CCC1(CC)CCN(C(CN)c2ccc(C(C)C)cc2)C1. The lowest BCUT2D eigenvalue weighted by molar-refractivity contribution is 0.197. The Morgan fingerprint density at radius 2 is 1.67 bits per heavy atom. The van der Waals surface area contributed by atoms with Crippen LogP contribution in [-0.2, 0) is 0 Å². The van der Waals surface area contributed by atoms with Gasteiger partial charge in [-0.1, -0.05) is 52.0 Å². The maximum Gasteiger partial charge on any atom is 0.0470 e. The maximum atomic E-state index is 6.11. The van der Waals surface area contributed by atoms with Gasteiger partial charge in [-0.3, -0.25) is 4.90 Å². The van der Waals surface area contributed by atoms with Crippen LogP contribution >= 0.6 is 0 Å². The molecule has 2 nitrogen and oxygen atoms in total. The Labute approximate surface area is 130 Å². The standard InChI is InChI=1S/C19H32N2/c1-5-19(6-2)11-12-21(14-19)18(13-20)17-9-7-16(8-10-17)15(3)4/h7-10,15,18H,5-6,11-14,20H2,1-4H3. The second-order valence-corrected chi connectivity index (χ2v) is 7.00. The third kappa shape index (κ3) is 3.49. The zero-order valence-corrected chi connectivity index (χ0v) is 14.2. The van der Waals surface area contributed by atoms with Gasteiger partial charge in [0.1, 0.15) is 0 Å². The van der Waals surface area contributed by atoms with Crippen molar-refractivity contribution < 1.29 is 0 Å². The normalized spacial score (nSPS) is 20.1. The zero-order chi connectivity index (χ0) is 15.5. The predicted octanol–water partition coefficient (Wildman–Crippen LogP) is 4.32. The van der Waals surface area contributed by atoms with Gasteiger partial charge in [-0.05, 0) is 48.3 Å². The minimum absolute atomic E-state index is 0.381. The topological polar surface area (TPSA) is 29.3 Å². The van der Waals surface area contributed by atoms with E-state index in [1.807, 2.05) is 0 Å². The largest absolute Gasteiger partial charge is 0.329 e. The van der Waals surface area contributed by atoms with E-state index in [4.69, 9.17) is 5.73 Å². The van der Waals surface area contributed by atoms with E-state index in [1.54, 1.807) is 0 Å². The van der Waals surface area contributed by atoms with Crippen molar-refractivity contribution in [3.63, 3.8) is 0 Å². The smallest absolute Gasteiger partial charge is 0.0470 e. The Morgan fingerprint density at radius 3 is 2.10 bits per heavy atom.